The number of anilines is 1. The molecular formula is C17H22N6O2S. The molecule has 0 saturated carbocycles. The van der Waals surface area contributed by atoms with E-state index in [2.05, 4.69) is 25.5 Å². The van der Waals surface area contributed by atoms with Crippen molar-refractivity contribution in [2.75, 3.05) is 38.5 Å². The topological polar surface area (TPSA) is 90.5 Å². The predicted octanol–water partition coefficient (Wildman–Crippen LogP) is 1.18. The minimum Gasteiger partial charge on any atom is -0.352 e. The summed E-state index contributed by atoms with van der Waals surface area (Å²) >= 11 is 1.33. The first-order valence-electron chi connectivity index (χ1n) is 8.44. The van der Waals surface area contributed by atoms with Crippen LogP contribution < -0.4 is 10.6 Å². The molecule has 0 spiro atoms. The lowest BCUT2D eigenvalue weighted by Gasteiger charge is -2.32. The van der Waals surface area contributed by atoms with Crippen LogP contribution in [0.2, 0.25) is 0 Å². The van der Waals surface area contributed by atoms with Gasteiger partial charge in [0.2, 0.25) is 5.91 Å². The maximum Gasteiger partial charge on any atom is 0.323 e. The lowest BCUT2D eigenvalue weighted by Crippen LogP contribution is -2.48. The number of nitrogens with one attached hydrogen (secondary N) is 2. The first-order chi connectivity index (χ1) is 12.6. The third-order valence-corrected chi connectivity index (χ3v) is 4.94. The molecule has 0 atom stereocenters. The van der Waals surface area contributed by atoms with Crippen LogP contribution in [-0.2, 0) is 17.8 Å². The van der Waals surface area contributed by atoms with Crippen LogP contribution in [-0.4, -0.2) is 64.9 Å². The first kappa shape index (κ1) is 18.3. The van der Waals surface area contributed by atoms with Crippen molar-refractivity contribution in [3.8, 4) is 0 Å². The monoisotopic (exact) mass is 374 g/mol. The number of aromatic nitrogens is 2. The average molecular weight is 374 g/mol. The first-order valence-corrected chi connectivity index (χ1v) is 9.32. The molecule has 3 heterocycles. The Morgan fingerprint density at radius 3 is 2.65 bits per heavy atom. The third kappa shape index (κ3) is 5.24. The largest absolute Gasteiger partial charge is 0.352 e. The van der Waals surface area contributed by atoms with E-state index in [0.29, 0.717) is 30.5 Å². The maximum absolute atomic E-state index is 12.2. The van der Waals surface area contributed by atoms with E-state index in [-0.39, 0.29) is 18.4 Å². The summed E-state index contributed by atoms with van der Waals surface area (Å²) in [5.41, 5.74) is 1.64. The van der Waals surface area contributed by atoms with Crippen molar-refractivity contribution in [1.29, 1.82) is 0 Å². The molecular weight excluding hydrogens is 352 g/mol. The van der Waals surface area contributed by atoms with Crippen LogP contribution in [0.4, 0.5) is 9.93 Å². The number of amides is 3. The Hall–Kier alpha value is -2.52. The lowest BCUT2D eigenvalue weighted by molar-refractivity contribution is -0.120. The summed E-state index contributed by atoms with van der Waals surface area (Å²) in [6.07, 6.45) is 3.57. The molecule has 1 aliphatic heterocycles. The Kier molecular flexibility index (Phi) is 6.13. The van der Waals surface area contributed by atoms with Gasteiger partial charge in [0.05, 0.1) is 12.1 Å². The van der Waals surface area contributed by atoms with E-state index in [4.69, 9.17) is 0 Å². The molecule has 0 unspecified atom stereocenters. The number of pyridine rings is 1. The number of carbonyl (C=O) groups excluding carboxylic acids is 2. The Morgan fingerprint density at radius 1 is 1.19 bits per heavy atom. The lowest BCUT2D eigenvalue weighted by atomic mass is 10.2. The fraction of sp³-hybridized carbons (Fsp3) is 0.412. The Labute approximate surface area is 156 Å². The SMILES string of the molecule is CN1CCN(C(=O)Nc2nc(CC(=O)NCc3ccncc3)cs2)CC1. The van der Waals surface area contributed by atoms with Crippen molar-refractivity contribution >= 4 is 28.4 Å². The Balaban J connectivity index is 1.45. The minimum atomic E-state index is -0.138. The number of carbonyl (C=O) groups is 2. The van der Waals surface area contributed by atoms with Gasteiger partial charge in [-0.3, -0.25) is 15.1 Å². The molecule has 3 amide bonds. The summed E-state index contributed by atoms with van der Waals surface area (Å²) < 4.78 is 0. The van der Waals surface area contributed by atoms with Gasteiger partial charge in [0.1, 0.15) is 0 Å². The zero-order valence-electron chi connectivity index (χ0n) is 14.6. The highest BCUT2D eigenvalue weighted by Crippen LogP contribution is 2.17. The van der Waals surface area contributed by atoms with Crippen LogP contribution in [0.5, 0.6) is 0 Å². The predicted molar refractivity (Wildman–Crippen MR) is 100.0 cm³/mol. The fourth-order valence-electron chi connectivity index (χ4n) is 2.55. The Morgan fingerprint density at radius 2 is 1.92 bits per heavy atom. The molecule has 0 aromatic carbocycles. The number of nitrogens with zero attached hydrogens (tertiary/aromatic N) is 4. The van der Waals surface area contributed by atoms with E-state index in [9.17, 15) is 9.59 Å². The number of urea groups is 1. The van der Waals surface area contributed by atoms with Gasteiger partial charge in [-0.2, -0.15) is 0 Å². The van der Waals surface area contributed by atoms with E-state index in [1.54, 1.807) is 22.7 Å². The molecule has 1 saturated heterocycles. The second kappa shape index (κ2) is 8.72. The number of likely N-dealkylation sites (N-methyl/N-ethyl adjacent to an activating group) is 1. The summed E-state index contributed by atoms with van der Waals surface area (Å²) in [7, 11) is 2.04. The van der Waals surface area contributed by atoms with E-state index < -0.39 is 0 Å². The van der Waals surface area contributed by atoms with Crippen molar-refractivity contribution in [2.24, 2.45) is 0 Å². The molecule has 0 aliphatic carbocycles. The Bertz CT molecular complexity index is 743. The van der Waals surface area contributed by atoms with E-state index in [1.807, 2.05) is 19.2 Å². The number of piperazine rings is 1. The highest BCUT2D eigenvalue weighted by atomic mass is 32.1. The maximum atomic E-state index is 12.2. The molecule has 8 nitrogen and oxygen atoms in total. The van der Waals surface area contributed by atoms with Crippen molar-refractivity contribution in [1.82, 2.24) is 25.1 Å². The van der Waals surface area contributed by atoms with Gasteiger partial charge in [-0.15, -0.1) is 11.3 Å². The van der Waals surface area contributed by atoms with Gasteiger partial charge in [-0.1, -0.05) is 0 Å². The average Bonchev–Trinajstić information content (AvgIpc) is 3.08. The summed E-state index contributed by atoms with van der Waals surface area (Å²) in [5, 5.41) is 7.98. The molecule has 2 aromatic heterocycles. The highest BCUT2D eigenvalue weighted by molar-refractivity contribution is 7.13. The minimum absolute atomic E-state index is 0.107. The molecule has 1 fully saturated rings. The van der Waals surface area contributed by atoms with Gasteiger partial charge >= 0.3 is 6.03 Å². The van der Waals surface area contributed by atoms with Crippen molar-refractivity contribution in [2.45, 2.75) is 13.0 Å². The second-order valence-electron chi connectivity index (χ2n) is 6.17. The summed E-state index contributed by atoms with van der Waals surface area (Å²) in [6, 6.07) is 3.57. The van der Waals surface area contributed by atoms with Crippen LogP contribution in [0, 0.1) is 0 Å². The van der Waals surface area contributed by atoms with E-state index >= 15 is 0 Å². The molecule has 0 bridgehead atoms. The zero-order chi connectivity index (χ0) is 18.4. The normalized spacial score (nSPS) is 14.9. The number of hydrogen-bond acceptors (Lipinski definition) is 6. The number of hydrogen-bond donors (Lipinski definition) is 2. The molecule has 26 heavy (non-hydrogen) atoms. The fourth-order valence-corrected chi connectivity index (χ4v) is 3.25. The van der Waals surface area contributed by atoms with Gasteiger partial charge < -0.3 is 15.1 Å². The van der Waals surface area contributed by atoms with Crippen molar-refractivity contribution in [3.63, 3.8) is 0 Å². The quantitative estimate of drug-likeness (QED) is 0.820. The van der Waals surface area contributed by atoms with Crippen LogP contribution in [0.1, 0.15) is 11.3 Å². The molecule has 0 radical (unpaired) electrons. The number of thiazole rings is 1. The zero-order valence-corrected chi connectivity index (χ0v) is 15.5. The van der Waals surface area contributed by atoms with Gasteiger partial charge in [0.15, 0.2) is 5.13 Å². The smallest absolute Gasteiger partial charge is 0.323 e. The van der Waals surface area contributed by atoms with Gasteiger partial charge in [0, 0.05) is 50.5 Å². The van der Waals surface area contributed by atoms with Crippen molar-refractivity contribution in [3.05, 3.63) is 41.2 Å². The van der Waals surface area contributed by atoms with Gasteiger partial charge in [-0.25, -0.2) is 9.78 Å². The van der Waals surface area contributed by atoms with E-state index in [0.717, 1.165) is 18.7 Å². The van der Waals surface area contributed by atoms with Crippen LogP contribution in [0.3, 0.4) is 0 Å². The van der Waals surface area contributed by atoms with Crippen LogP contribution in [0.15, 0.2) is 29.9 Å². The van der Waals surface area contributed by atoms with Crippen LogP contribution in [0.25, 0.3) is 0 Å². The highest BCUT2D eigenvalue weighted by Gasteiger charge is 2.20. The summed E-state index contributed by atoms with van der Waals surface area (Å²) in [4.78, 5) is 36.5. The van der Waals surface area contributed by atoms with E-state index in [1.165, 1.54) is 11.3 Å². The third-order valence-electron chi connectivity index (χ3n) is 4.14. The van der Waals surface area contributed by atoms with Gasteiger partial charge in [0.25, 0.3) is 0 Å². The molecule has 138 valence electrons. The van der Waals surface area contributed by atoms with Gasteiger partial charge in [-0.05, 0) is 24.7 Å². The molecule has 1 aliphatic rings. The van der Waals surface area contributed by atoms with Crippen LogP contribution >= 0.6 is 11.3 Å². The standard InChI is InChI=1S/C17H22N6O2S/c1-22-6-8-23(9-7-22)17(25)21-16-20-14(12-26-16)10-15(24)19-11-13-2-4-18-5-3-13/h2-5,12H,6-11H2,1H3,(H,19,24)(H,20,21,25). The van der Waals surface area contributed by atoms with Crippen molar-refractivity contribution < 1.29 is 9.59 Å². The number of rotatable bonds is 5. The molecule has 2 N–H and O–H groups in total. The molecule has 3 rings (SSSR count). The summed E-state index contributed by atoms with van der Waals surface area (Å²) in [5.74, 6) is -0.107. The molecule has 2 aromatic rings. The molecule has 9 heteroatoms. The second-order valence-corrected chi connectivity index (χ2v) is 7.03. The summed E-state index contributed by atoms with van der Waals surface area (Å²) in [6.45, 7) is 3.61.